The third-order valence-electron chi connectivity index (χ3n) is 3.71. The number of benzene rings is 2. The average Bonchev–Trinajstić information content (AvgIpc) is 3.17. The standard InChI is InChI=1S/C19H16F3N3O4/c1-26-15-8-12(4-7-14(15)29-19(21)22)18(23)25-27-10-17-24-9-16(28-17)11-2-5-13(20)6-3-11/h2-9,19H,10H2,1H3,(H2,23,25). The summed E-state index contributed by atoms with van der Waals surface area (Å²) in [7, 11) is 1.31. The average molecular weight is 407 g/mol. The van der Waals surface area contributed by atoms with E-state index in [4.69, 9.17) is 19.7 Å². The lowest BCUT2D eigenvalue weighted by Crippen LogP contribution is -2.14. The van der Waals surface area contributed by atoms with Gasteiger partial charge in [-0.15, -0.1) is 0 Å². The van der Waals surface area contributed by atoms with Crippen molar-refractivity contribution in [2.75, 3.05) is 7.11 Å². The topological polar surface area (TPSA) is 92.1 Å². The predicted molar refractivity (Wildman–Crippen MR) is 97.0 cm³/mol. The first-order valence-corrected chi connectivity index (χ1v) is 8.25. The third kappa shape index (κ3) is 5.18. The largest absolute Gasteiger partial charge is 0.493 e. The molecule has 0 unspecified atom stereocenters. The number of ether oxygens (including phenoxy) is 2. The smallest absolute Gasteiger partial charge is 0.387 e. The zero-order chi connectivity index (χ0) is 20.8. The summed E-state index contributed by atoms with van der Waals surface area (Å²) in [5, 5.41) is 3.75. The fourth-order valence-corrected chi connectivity index (χ4v) is 2.35. The zero-order valence-electron chi connectivity index (χ0n) is 15.1. The fourth-order valence-electron chi connectivity index (χ4n) is 2.35. The van der Waals surface area contributed by atoms with Gasteiger partial charge >= 0.3 is 6.61 Å². The molecule has 2 aromatic carbocycles. The Bertz CT molecular complexity index is 991. The van der Waals surface area contributed by atoms with Gasteiger partial charge in [-0.2, -0.15) is 8.78 Å². The molecule has 10 heteroatoms. The predicted octanol–water partition coefficient (Wildman–Crippen LogP) is 3.93. The molecule has 1 heterocycles. The van der Waals surface area contributed by atoms with Crippen molar-refractivity contribution in [2.45, 2.75) is 13.2 Å². The van der Waals surface area contributed by atoms with Gasteiger partial charge in [-0.25, -0.2) is 9.37 Å². The van der Waals surface area contributed by atoms with Gasteiger partial charge in [-0.1, -0.05) is 5.16 Å². The summed E-state index contributed by atoms with van der Waals surface area (Å²) in [4.78, 5) is 9.18. The number of hydrogen-bond donors (Lipinski definition) is 1. The number of nitrogens with zero attached hydrogens (tertiary/aromatic N) is 2. The molecule has 0 atom stereocenters. The second-order valence-corrected chi connectivity index (χ2v) is 5.62. The first kappa shape index (κ1) is 20.1. The van der Waals surface area contributed by atoms with Crippen molar-refractivity contribution >= 4 is 5.84 Å². The van der Waals surface area contributed by atoms with Gasteiger partial charge in [0.25, 0.3) is 0 Å². The molecule has 0 radical (unpaired) electrons. The zero-order valence-corrected chi connectivity index (χ0v) is 15.1. The Hall–Kier alpha value is -3.69. The number of aromatic nitrogens is 1. The van der Waals surface area contributed by atoms with Crippen molar-refractivity contribution in [1.82, 2.24) is 4.98 Å². The van der Waals surface area contributed by atoms with E-state index in [1.54, 1.807) is 12.1 Å². The maximum Gasteiger partial charge on any atom is 0.387 e. The molecule has 0 bridgehead atoms. The Morgan fingerprint density at radius 3 is 2.62 bits per heavy atom. The monoisotopic (exact) mass is 407 g/mol. The van der Waals surface area contributed by atoms with Crippen LogP contribution in [0.2, 0.25) is 0 Å². The Kier molecular flexibility index (Phi) is 6.22. The van der Waals surface area contributed by atoms with Gasteiger partial charge in [0.05, 0.1) is 13.3 Å². The molecule has 0 saturated carbocycles. The summed E-state index contributed by atoms with van der Waals surface area (Å²) in [5.74, 6) is 0.244. The summed E-state index contributed by atoms with van der Waals surface area (Å²) in [5.41, 5.74) is 6.87. The number of hydrogen-bond acceptors (Lipinski definition) is 6. The van der Waals surface area contributed by atoms with Crippen LogP contribution in [0.4, 0.5) is 13.2 Å². The van der Waals surface area contributed by atoms with Crippen LogP contribution in [0, 0.1) is 5.82 Å². The van der Waals surface area contributed by atoms with E-state index in [-0.39, 0.29) is 35.6 Å². The molecule has 0 fully saturated rings. The Balaban J connectivity index is 1.64. The molecule has 2 N–H and O–H groups in total. The molecule has 0 aliphatic rings. The van der Waals surface area contributed by atoms with Crippen molar-refractivity contribution in [3.63, 3.8) is 0 Å². The number of nitrogens with two attached hydrogens (primary N) is 1. The van der Waals surface area contributed by atoms with Gasteiger partial charge in [-0.3, -0.25) is 0 Å². The minimum atomic E-state index is -2.98. The van der Waals surface area contributed by atoms with Crippen molar-refractivity contribution in [3.05, 3.63) is 65.9 Å². The molecule has 1 aromatic heterocycles. The summed E-state index contributed by atoms with van der Waals surface area (Å²) < 4.78 is 52.6. The minimum absolute atomic E-state index is 0.0165. The molecule has 0 saturated heterocycles. The van der Waals surface area contributed by atoms with Gasteiger partial charge in [-0.05, 0) is 42.5 Å². The van der Waals surface area contributed by atoms with Crippen molar-refractivity contribution < 1.29 is 31.9 Å². The van der Waals surface area contributed by atoms with Crippen LogP contribution in [0.5, 0.6) is 11.5 Å². The number of amidine groups is 1. The first-order chi connectivity index (χ1) is 14.0. The van der Waals surface area contributed by atoms with Gasteiger partial charge in [0.1, 0.15) is 5.82 Å². The molecule has 3 aromatic rings. The molecule has 29 heavy (non-hydrogen) atoms. The molecule has 0 aliphatic carbocycles. The molecule has 0 aliphatic heterocycles. The van der Waals surface area contributed by atoms with Gasteiger partial charge in [0.2, 0.25) is 5.89 Å². The minimum Gasteiger partial charge on any atom is -0.493 e. The van der Waals surface area contributed by atoms with E-state index in [1.807, 2.05) is 0 Å². The Morgan fingerprint density at radius 2 is 1.93 bits per heavy atom. The number of halogens is 3. The maximum absolute atomic E-state index is 13.0. The number of rotatable bonds is 8. The van der Waals surface area contributed by atoms with E-state index in [9.17, 15) is 13.2 Å². The fraction of sp³-hybridized carbons (Fsp3) is 0.158. The van der Waals surface area contributed by atoms with Crippen LogP contribution in [0.15, 0.2) is 58.2 Å². The summed E-state index contributed by atoms with van der Waals surface area (Å²) >= 11 is 0. The highest BCUT2D eigenvalue weighted by Gasteiger charge is 2.13. The van der Waals surface area contributed by atoms with Gasteiger partial charge in [0, 0.05) is 11.1 Å². The van der Waals surface area contributed by atoms with Crippen LogP contribution in [-0.2, 0) is 11.4 Å². The van der Waals surface area contributed by atoms with Crippen LogP contribution in [0.1, 0.15) is 11.5 Å². The van der Waals surface area contributed by atoms with E-state index < -0.39 is 6.61 Å². The highest BCUT2D eigenvalue weighted by atomic mass is 19.3. The Morgan fingerprint density at radius 1 is 1.17 bits per heavy atom. The second kappa shape index (κ2) is 9.00. The summed E-state index contributed by atoms with van der Waals surface area (Å²) in [6.45, 7) is -3.09. The number of oxime groups is 1. The number of methoxy groups -OCH3 is 1. The lowest BCUT2D eigenvalue weighted by atomic mass is 10.2. The molecular formula is C19H16F3N3O4. The van der Waals surface area contributed by atoms with Crippen molar-refractivity contribution in [2.24, 2.45) is 10.9 Å². The van der Waals surface area contributed by atoms with Crippen molar-refractivity contribution in [3.8, 4) is 22.8 Å². The quantitative estimate of drug-likeness (QED) is 0.346. The van der Waals surface area contributed by atoms with Crippen LogP contribution in [-0.4, -0.2) is 24.5 Å². The molecular weight excluding hydrogens is 391 g/mol. The van der Waals surface area contributed by atoms with E-state index in [1.165, 1.54) is 43.6 Å². The van der Waals surface area contributed by atoms with Gasteiger partial charge < -0.3 is 24.5 Å². The Labute approximate surface area is 163 Å². The van der Waals surface area contributed by atoms with Gasteiger partial charge in [0.15, 0.2) is 29.7 Å². The number of alkyl halides is 2. The second-order valence-electron chi connectivity index (χ2n) is 5.62. The normalized spacial score (nSPS) is 11.6. The molecule has 3 rings (SSSR count). The lowest BCUT2D eigenvalue weighted by molar-refractivity contribution is -0.0512. The highest BCUT2D eigenvalue weighted by Crippen LogP contribution is 2.29. The van der Waals surface area contributed by atoms with Crippen LogP contribution >= 0.6 is 0 Å². The van der Waals surface area contributed by atoms with E-state index in [0.717, 1.165) is 0 Å². The molecule has 152 valence electrons. The first-order valence-electron chi connectivity index (χ1n) is 8.25. The van der Waals surface area contributed by atoms with Crippen LogP contribution in [0.25, 0.3) is 11.3 Å². The molecule has 0 amide bonds. The summed E-state index contributed by atoms with van der Waals surface area (Å²) in [6.07, 6.45) is 1.48. The maximum atomic E-state index is 13.0. The van der Waals surface area contributed by atoms with E-state index in [0.29, 0.717) is 16.9 Å². The number of oxazole rings is 1. The molecule has 7 nitrogen and oxygen atoms in total. The lowest BCUT2D eigenvalue weighted by Gasteiger charge is -2.11. The molecule has 0 spiro atoms. The van der Waals surface area contributed by atoms with Crippen molar-refractivity contribution in [1.29, 1.82) is 0 Å². The summed E-state index contributed by atoms with van der Waals surface area (Å²) in [6, 6.07) is 9.84. The highest BCUT2D eigenvalue weighted by molar-refractivity contribution is 5.97. The third-order valence-corrected chi connectivity index (χ3v) is 3.71. The van der Waals surface area contributed by atoms with Crippen LogP contribution < -0.4 is 15.2 Å². The van der Waals surface area contributed by atoms with E-state index >= 15 is 0 Å². The SMILES string of the molecule is COc1cc(/C(N)=N/OCc2ncc(-c3ccc(F)cc3)o2)ccc1OC(F)F. The van der Waals surface area contributed by atoms with Crippen LogP contribution in [0.3, 0.4) is 0 Å². The van der Waals surface area contributed by atoms with E-state index in [2.05, 4.69) is 14.9 Å².